The topological polar surface area (TPSA) is 108 Å². The molecule has 1 amide bonds. The molecule has 0 aliphatic carbocycles. The van der Waals surface area contributed by atoms with Crippen molar-refractivity contribution in [3.63, 3.8) is 0 Å². The van der Waals surface area contributed by atoms with Crippen LogP contribution in [0.1, 0.15) is 30.6 Å². The first-order valence-electron chi connectivity index (χ1n) is 9.85. The smallest absolute Gasteiger partial charge is 0.387 e. The predicted octanol–water partition coefficient (Wildman–Crippen LogP) is 3.23. The molecule has 1 heterocycles. The summed E-state index contributed by atoms with van der Waals surface area (Å²) >= 11 is 0. The van der Waals surface area contributed by atoms with Crippen molar-refractivity contribution < 1.29 is 23.4 Å². The highest BCUT2D eigenvalue weighted by Crippen LogP contribution is 2.19. The maximum absolute atomic E-state index is 12.2. The number of anilines is 1. The molecular formula is C21H28F2IN5O3. The molecule has 1 aromatic heterocycles. The van der Waals surface area contributed by atoms with Gasteiger partial charge in [0, 0.05) is 25.7 Å². The van der Waals surface area contributed by atoms with Gasteiger partial charge in [-0.15, -0.1) is 24.0 Å². The zero-order valence-corrected chi connectivity index (χ0v) is 20.2. The first-order chi connectivity index (χ1) is 14.9. The summed E-state index contributed by atoms with van der Waals surface area (Å²) in [4.78, 5) is 20.5. The van der Waals surface area contributed by atoms with Gasteiger partial charge in [-0.1, -0.05) is 18.2 Å². The Balaban J connectivity index is 0.00000512. The molecule has 0 aliphatic rings. The Hall–Kier alpha value is -2.54. The van der Waals surface area contributed by atoms with E-state index in [0.29, 0.717) is 30.4 Å². The van der Waals surface area contributed by atoms with E-state index in [1.54, 1.807) is 12.3 Å². The van der Waals surface area contributed by atoms with Crippen LogP contribution in [0.3, 0.4) is 0 Å². The molecule has 0 spiro atoms. The lowest BCUT2D eigenvalue weighted by atomic mass is 10.1. The third kappa shape index (κ3) is 10.2. The fourth-order valence-corrected chi connectivity index (χ4v) is 2.54. The quantitative estimate of drug-likeness (QED) is 0.201. The number of benzene rings is 1. The molecular weight excluding hydrogens is 535 g/mol. The second-order valence-electron chi connectivity index (χ2n) is 6.63. The number of alkyl halides is 2. The molecule has 176 valence electrons. The summed E-state index contributed by atoms with van der Waals surface area (Å²) in [6, 6.07) is 9.32. The molecule has 0 fully saturated rings. The SMILES string of the molecule is CCNC(=NCC(O)c1ccc(OC(F)F)cc1)NCCC(=O)Nc1ccc(C)cn1.I. The van der Waals surface area contributed by atoms with Gasteiger partial charge in [0.2, 0.25) is 5.91 Å². The van der Waals surface area contributed by atoms with Crippen LogP contribution in [0.15, 0.2) is 47.6 Å². The number of ether oxygens (including phenoxy) is 1. The van der Waals surface area contributed by atoms with Gasteiger partial charge in [0.1, 0.15) is 11.6 Å². The number of aryl methyl sites for hydroxylation is 1. The standard InChI is InChI=1S/C21H27F2N5O3.HI/c1-3-24-21(25-11-10-19(30)28-18-9-4-14(2)12-26-18)27-13-17(29)15-5-7-16(8-6-15)31-20(22)23;/h4-9,12,17,20,29H,3,10-11,13H2,1-2H3,(H2,24,25,27)(H,26,28,30);1H. The van der Waals surface area contributed by atoms with E-state index in [4.69, 9.17) is 0 Å². The molecule has 0 radical (unpaired) electrons. The Morgan fingerprint density at radius 2 is 1.91 bits per heavy atom. The minimum absolute atomic E-state index is 0. The van der Waals surface area contributed by atoms with E-state index >= 15 is 0 Å². The van der Waals surface area contributed by atoms with Gasteiger partial charge in [0.05, 0.1) is 12.6 Å². The van der Waals surface area contributed by atoms with E-state index in [0.717, 1.165) is 5.56 Å². The number of carbonyl (C=O) groups is 1. The van der Waals surface area contributed by atoms with Crippen LogP contribution < -0.4 is 20.7 Å². The monoisotopic (exact) mass is 563 g/mol. The molecule has 1 unspecified atom stereocenters. The minimum atomic E-state index is -2.90. The Bertz CT molecular complexity index is 852. The first kappa shape index (κ1) is 27.5. The van der Waals surface area contributed by atoms with Crippen LogP contribution in [0.5, 0.6) is 5.75 Å². The summed E-state index contributed by atoms with van der Waals surface area (Å²) in [7, 11) is 0. The number of aliphatic imine (C=N–C) groups is 1. The maximum atomic E-state index is 12.2. The Morgan fingerprint density at radius 3 is 2.50 bits per heavy atom. The first-order valence-corrected chi connectivity index (χ1v) is 9.85. The van der Waals surface area contributed by atoms with Crippen molar-refractivity contribution in [2.45, 2.75) is 33.0 Å². The number of hydrogen-bond acceptors (Lipinski definition) is 5. The van der Waals surface area contributed by atoms with E-state index in [2.05, 4.69) is 30.7 Å². The highest BCUT2D eigenvalue weighted by molar-refractivity contribution is 14.0. The number of hydrogen-bond donors (Lipinski definition) is 4. The molecule has 0 bridgehead atoms. The average Bonchev–Trinajstić information content (AvgIpc) is 2.73. The van der Waals surface area contributed by atoms with Crippen molar-refractivity contribution >= 4 is 41.7 Å². The molecule has 2 rings (SSSR count). The zero-order valence-electron chi connectivity index (χ0n) is 17.8. The summed E-state index contributed by atoms with van der Waals surface area (Å²) in [5.74, 6) is 0.763. The van der Waals surface area contributed by atoms with E-state index in [1.165, 1.54) is 24.3 Å². The molecule has 8 nitrogen and oxygen atoms in total. The van der Waals surface area contributed by atoms with Crippen LogP contribution in [0.4, 0.5) is 14.6 Å². The highest BCUT2D eigenvalue weighted by Gasteiger charge is 2.10. The van der Waals surface area contributed by atoms with Gasteiger partial charge >= 0.3 is 6.61 Å². The molecule has 2 aromatic rings. The van der Waals surface area contributed by atoms with Crippen molar-refractivity contribution in [3.05, 3.63) is 53.7 Å². The molecule has 1 aromatic carbocycles. The van der Waals surface area contributed by atoms with Gasteiger partial charge in [0.15, 0.2) is 5.96 Å². The normalized spacial score (nSPS) is 12.0. The lowest BCUT2D eigenvalue weighted by Gasteiger charge is -2.14. The molecule has 1 atom stereocenters. The summed E-state index contributed by atoms with van der Waals surface area (Å²) in [5.41, 5.74) is 1.52. The highest BCUT2D eigenvalue weighted by atomic mass is 127. The van der Waals surface area contributed by atoms with Gasteiger partial charge in [-0.25, -0.2) is 4.98 Å². The zero-order chi connectivity index (χ0) is 22.6. The third-order valence-electron chi connectivity index (χ3n) is 4.08. The van der Waals surface area contributed by atoms with Gasteiger partial charge in [-0.3, -0.25) is 9.79 Å². The van der Waals surface area contributed by atoms with Crippen LogP contribution in [0, 0.1) is 6.92 Å². The van der Waals surface area contributed by atoms with E-state index in [-0.39, 0.29) is 48.6 Å². The van der Waals surface area contributed by atoms with Crippen LogP contribution in [-0.2, 0) is 4.79 Å². The number of aliphatic hydroxyl groups is 1. The number of aromatic nitrogens is 1. The summed E-state index contributed by atoms with van der Waals surface area (Å²) in [6.07, 6.45) is 0.953. The van der Waals surface area contributed by atoms with Crippen LogP contribution in [0.2, 0.25) is 0 Å². The van der Waals surface area contributed by atoms with Gasteiger partial charge in [-0.05, 0) is 43.2 Å². The van der Waals surface area contributed by atoms with Gasteiger partial charge < -0.3 is 25.8 Å². The maximum Gasteiger partial charge on any atom is 0.387 e. The minimum Gasteiger partial charge on any atom is -0.435 e. The fourth-order valence-electron chi connectivity index (χ4n) is 2.54. The summed E-state index contributed by atoms with van der Waals surface area (Å²) in [5, 5.41) is 19.1. The fraction of sp³-hybridized carbons (Fsp3) is 0.381. The number of pyridine rings is 1. The summed E-state index contributed by atoms with van der Waals surface area (Å²) in [6.45, 7) is 1.89. The molecule has 0 saturated carbocycles. The molecule has 32 heavy (non-hydrogen) atoms. The van der Waals surface area contributed by atoms with Crippen molar-refractivity contribution in [2.75, 3.05) is 25.0 Å². The largest absolute Gasteiger partial charge is 0.435 e. The Kier molecular flexibility index (Phi) is 12.5. The molecule has 11 heteroatoms. The Morgan fingerprint density at radius 1 is 1.19 bits per heavy atom. The van der Waals surface area contributed by atoms with Crippen LogP contribution in [0.25, 0.3) is 0 Å². The lowest BCUT2D eigenvalue weighted by molar-refractivity contribution is -0.116. The predicted molar refractivity (Wildman–Crippen MR) is 130 cm³/mol. The second-order valence-corrected chi connectivity index (χ2v) is 6.63. The number of amides is 1. The number of carbonyl (C=O) groups excluding carboxylic acids is 1. The third-order valence-corrected chi connectivity index (χ3v) is 4.08. The van der Waals surface area contributed by atoms with Gasteiger partial charge in [-0.2, -0.15) is 8.78 Å². The number of halogens is 3. The van der Waals surface area contributed by atoms with Crippen molar-refractivity contribution in [3.8, 4) is 5.75 Å². The number of rotatable bonds is 10. The van der Waals surface area contributed by atoms with Crippen molar-refractivity contribution in [2.24, 2.45) is 4.99 Å². The molecule has 0 aliphatic heterocycles. The van der Waals surface area contributed by atoms with Gasteiger partial charge in [0.25, 0.3) is 0 Å². The molecule has 4 N–H and O–H groups in total. The van der Waals surface area contributed by atoms with Crippen molar-refractivity contribution in [1.29, 1.82) is 0 Å². The average molecular weight is 563 g/mol. The van der Waals surface area contributed by atoms with Crippen LogP contribution in [-0.4, -0.2) is 48.2 Å². The number of nitrogens with one attached hydrogen (secondary N) is 3. The Labute approximate surface area is 202 Å². The second kappa shape index (κ2) is 14.5. The van der Waals surface area contributed by atoms with E-state index < -0.39 is 12.7 Å². The summed E-state index contributed by atoms with van der Waals surface area (Å²) < 4.78 is 28.7. The number of aliphatic hydroxyl groups excluding tert-OH is 1. The lowest BCUT2D eigenvalue weighted by Crippen LogP contribution is -2.39. The van der Waals surface area contributed by atoms with Crippen LogP contribution >= 0.6 is 24.0 Å². The van der Waals surface area contributed by atoms with E-state index in [9.17, 15) is 18.7 Å². The van der Waals surface area contributed by atoms with Crippen molar-refractivity contribution in [1.82, 2.24) is 15.6 Å². The number of guanidine groups is 1. The van der Waals surface area contributed by atoms with E-state index in [1.807, 2.05) is 19.9 Å². The molecule has 0 saturated heterocycles. The number of nitrogens with zero attached hydrogens (tertiary/aromatic N) is 2.